The van der Waals surface area contributed by atoms with Gasteiger partial charge in [0.1, 0.15) is 5.37 Å². The van der Waals surface area contributed by atoms with Gasteiger partial charge in [0.2, 0.25) is 11.8 Å². The van der Waals surface area contributed by atoms with Crippen LogP contribution in [0.5, 0.6) is 0 Å². The molecule has 2 saturated heterocycles. The van der Waals surface area contributed by atoms with E-state index in [2.05, 4.69) is 15.9 Å². The summed E-state index contributed by atoms with van der Waals surface area (Å²) < 4.78 is 1.08. The van der Waals surface area contributed by atoms with E-state index in [0.29, 0.717) is 12.2 Å². The van der Waals surface area contributed by atoms with Gasteiger partial charge in [0.05, 0.1) is 10.6 Å². The van der Waals surface area contributed by atoms with E-state index < -0.39 is 0 Å². The van der Waals surface area contributed by atoms with E-state index in [0.717, 1.165) is 36.9 Å². The molecule has 0 aliphatic carbocycles. The molecule has 1 aromatic heterocycles. The minimum atomic E-state index is 0.126. The Morgan fingerprint density at radius 2 is 2.14 bits per heavy atom. The van der Waals surface area contributed by atoms with Gasteiger partial charge in [0.25, 0.3) is 0 Å². The zero-order valence-electron chi connectivity index (χ0n) is 11.6. The second-order valence-corrected chi connectivity index (χ2v) is 8.09. The minimum absolute atomic E-state index is 0.126. The number of likely N-dealkylation sites (tertiary alicyclic amines) is 1. The highest BCUT2D eigenvalue weighted by atomic mass is 79.9. The van der Waals surface area contributed by atoms with Crippen molar-refractivity contribution >= 4 is 50.8 Å². The van der Waals surface area contributed by atoms with Crippen molar-refractivity contribution in [1.82, 2.24) is 9.80 Å². The van der Waals surface area contributed by atoms with Gasteiger partial charge in [-0.15, -0.1) is 23.1 Å². The van der Waals surface area contributed by atoms with Crippen LogP contribution in [0.4, 0.5) is 0 Å². The number of nitrogens with zero attached hydrogens (tertiary/aromatic N) is 2. The van der Waals surface area contributed by atoms with Crippen molar-refractivity contribution in [1.29, 1.82) is 0 Å². The van der Waals surface area contributed by atoms with E-state index >= 15 is 0 Å². The Kier molecular flexibility index (Phi) is 4.91. The topological polar surface area (TPSA) is 40.6 Å². The highest BCUT2D eigenvalue weighted by molar-refractivity contribution is 9.10. The van der Waals surface area contributed by atoms with Crippen LogP contribution in [0.1, 0.15) is 29.5 Å². The van der Waals surface area contributed by atoms with E-state index in [-0.39, 0.29) is 17.2 Å². The Hall–Kier alpha value is -0.530. The van der Waals surface area contributed by atoms with Gasteiger partial charge < -0.3 is 9.80 Å². The van der Waals surface area contributed by atoms with E-state index in [4.69, 9.17) is 0 Å². The van der Waals surface area contributed by atoms with Crippen LogP contribution in [-0.2, 0) is 9.59 Å². The molecule has 2 aliphatic rings. The maximum absolute atomic E-state index is 12.1. The Balaban J connectivity index is 1.58. The van der Waals surface area contributed by atoms with Gasteiger partial charge >= 0.3 is 0 Å². The zero-order chi connectivity index (χ0) is 14.8. The van der Waals surface area contributed by atoms with Gasteiger partial charge in [-0.3, -0.25) is 9.59 Å². The maximum atomic E-state index is 12.1. The number of amides is 2. The lowest BCUT2D eigenvalue weighted by atomic mass is 10.3. The van der Waals surface area contributed by atoms with Crippen LogP contribution in [0.2, 0.25) is 0 Å². The minimum Gasteiger partial charge on any atom is -0.343 e. The monoisotopic (exact) mass is 388 g/mol. The third-order valence-electron chi connectivity index (χ3n) is 3.84. The first kappa shape index (κ1) is 15.4. The van der Waals surface area contributed by atoms with Crippen LogP contribution < -0.4 is 0 Å². The number of carbonyl (C=O) groups excluding carboxylic acids is 2. The molecule has 2 fully saturated rings. The molecule has 0 saturated carbocycles. The first-order valence-corrected chi connectivity index (χ1v) is 9.80. The number of halogens is 1. The van der Waals surface area contributed by atoms with Crippen molar-refractivity contribution < 1.29 is 9.59 Å². The summed E-state index contributed by atoms with van der Waals surface area (Å²) in [6, 6.07) is 2.03. The second-order valence-electron chi connectivity index (χ2n) is 5.22. The molecule has 2 aliphatic heterocycles. The first-order chi connectivity index (χ1) is 10.2. The van der Waals surface area contributed by atoms with Crippen LogP contribution in [0.25, 0.3) is 0 Å². The summed E-state index contributed by atoms with van der Waals surface area (Å²) >= 11 is 6.94. The fraction of sp³-hybridized carbons (Fsp3) is 0.571. The molecular weight excluding hydrogens is 372 g/mol. The molecule has 1 atom stereocenters. The molecule has 0 bridgehead atoms. The molecule has 114 valence electrons. The third-order valence-corrected chi connectivity index (χ3v) is 7.13. The van der Waals surface area contributed by atoms with Crippen molar-refractivity contribution in [3.63, 3.8) is 0 Å². The molecule has 2 amide bonds. The number of hydrogen-bond donors (Lipinski definition) is 0. The molecular formula is C14H17BrN2O2S2. The Labute approximate surface area is 141 Å². The van der Waals surface area contributed by atoms with Crippen molar-refractivity contribution in [3.05, 3.63) is 20.8 Å². The molecule has 21 heavy (non-hydrogen) atoms. The van der Waals surface area contributed by atoms with Gasteiger partial charge in [-0.25, -0.2) is 0 Å². The Bertz CT molecular complexity index is 549. The highest BCUT2D eigenvalue weighted by Gasteiger charge is 2.34. The fourth-order valence-electron chi connectivity index (χ4n) is 2.77. The number of thioether (sulfide) groups is 1. The fourth-order valence-corrected chi connectivity index (χ4v) is 6.02. The molecule has 0 spiro atoms. The Morgan fingerprint density at radius 1 is 1.29 bits per heavy atom. The summed E-state index contributed by atoms with van der Waals surface area (Å²) in [5, 5.41) is 2.17. The normalized spacial score (nSPS) is 22.6. The van der Waals surface area contributed by atoms with Crippen LogP contribution in [0.15, 0.2) is 15.9 Å². The van der Waals surface area contributed by atoms with Gasteiger partial charge in [0.15, 0.2) is 0 Å². The lowest BCUT2D eigenvalue weighted by Crippen LogP contribution is -2.33. The van der Waals surface area contributed by atoms with Crippen LogP contribution in [0.3, 0.4) is 0 Å². The van der Waals surface area contributed by atoms with E-state index in [1.165, 1.54) is 4.88 Å². The Morgan fingerprint density at radius 3 is 2.81 bits per heavy atom. The second kappa shape index (κ2) is 6.71. The van der Waals surface area contributed by atoms with E-state index in [1.807, 2.05) is 21.2 Å². The van der Waals surface area contributed by atoms with Crippen molar-refractivity contribution in [3.8, 4) is 0 Å². The predicted molar refractivity (Wildman–Crippen MR) is 89.4 cm³/mol. The van der Waals surface area contributed by atoms with Crippen molar-refractivity contribution in [2.45, 2.75) is 24.6 Å². The summed E-state index contributed by atoms with van der Waals surface area (Å²) in [6.07, 6.45) is 2.52. The van der Waals surface area contributed by atoms with E-state index in [9.17, 15) is 9.59 Å². The lowest BCUT2D eigenvalue weighted by Gasteiger charge is -2.24. The molecule has 7 heteroatoms. The summed E-state index contributed by atoms with van der Waals surface area (Å²) in [5.41, 5.74) is 0. The maximum Gasteiger partial charge on any atom is 0.233 e. The summed E-state index contributed by atoms with van der Waals surface area (Å²) in [6.45, 7) is 2.37. The molecule has 0 N–H and O–H groups in total. The highest BCUT2D eigenvalue weighted by Crippen LogP contribution is 2.44. The van der Waals surface area contributed by atoms with Crippen LogP contribution in [-0.4, -0.2) is 47.0 Å². The van der Waals surface area contributed by atoms with Gasteiger partial charge in [0, 0.05) is 30.5 Å². The molecule has 3 heterocycles. The smallest absolute Gasteiger partial charge is 0.233 e. The molecule has 1 aromatic rings. The SMILES string of the molecule is O=C1CCCN1CCCN1C(=O)CSC1c1sccc1Br. The average molecular weight is 389 g/mol. The van der Waals surface area contributed by atoms with Gasteiger partial charge in [-0.1, -0.05) is 0 Å². The summed E-state index contributed by atoms with van der Waals surface area (Å²) in [4.78, 5) is 28.8. The number of thiophene rings is 1. The van der Waals surface area contributed by atoms with Crippen LogP contribution in [0, 0.1) is 0 Å². The molecule has 4 nitrogen and oxygen atoms in total. The summed E-state index contributed by atoms with van der Waals surface area (Å²) in [7, 11) is 0. The standard InChI is InChI=1S/C14H17BrN2O2S2/c15-10-4-8-20-13(10)14-17(12(19)9-21-14)7-2-6-16-5-1-3-11(16)18/h4,8,14H,1-3,5-7,9H2. The quantitative estimate of drug-likeness (QED) is 0.777. The number of hydrogen-bond acceptors (Lipinski definition) is 4. The zero-order valence-corrected chi connectivity index (χ0v) is 14.8. The predicted octanol–water partition coefficient (Wildman–Crippen LogP) is 3.10. The third kappa shape index (κ3) is 3.29. The molecule has 0 aromatic carbocycles. The lowest BCUT2D eigenvalue weighted by molar-refractivity contribution is -0.128. The summed E-state index contributed by atoms with van der Waals surface area (Å²) in [5.74, 6) is 1.02. The number of carbonyl (C=O) groups is 2. The van der Waals surface area contributed by atoms with Gasteiger partial charge in [-0.05, 0) is 40.2 Å². The van der Waals surface area contributed by atoms with E-state index in [1.54, 1.807) is 23.1 Å². The molecule has 3 rings (SSSR count). The average Bonchev–Trinajstić information content (AvgIpc) is 3.14. The van der Waals surface area contributed by atoms with Gasteiger partial charge in [-0.2, -0.15) is 0 Å². The van der Waals surface area contributed by atoms with Crippen molar-refractivity contribution in [2.24, 2.45) is 0 Å². The van der Waals surface area contributed by atoms with Crippen LogP contribution >= 0.6 is 39.0 Å². The van der Waals surface area contributed by atoms with Crippen molar-refractivity contribution in [2.75, 3.05) is 25.4 Å². The molecule has 0 radical (unpaired) electrons. The largest absolute Gasteiger partial charge is 0.343 e. The molecule has 1 unspecified atom stereocenters. The first-order valence-electron chi connectivity index (χ1n) is 7.08. The number of rotatable bonds is 5.